The van der Waals surface area contributed by atoms with E-state index in [1.165, 1.54) is 6.07 Å². The summed E-state index contributed by atoms with van der Waals surface area (Å²) < 4.78 is 34.4. The number of hydrogen-bond donors (Lipinski definition) is 1. The van der Waals surface area contributed by atoms with Gasteiger partial charge >= 0.3 is 0 Å². The highest BCUT2D eigenvalue weighted by atomic mass is 79.9. The van der Waals surface area contributed by atoms with Gasteiger partial charge in [0.15, 0.2) is 12.4 Å². The van der Waals surface area contributed by atoms with Crippen molar-refractivity contribution in [2.45, 2.75) is 31.8 Å². The zero-order valence-corrected chi connectivity index (χ0v) is 13.9. The van der Waals surface area contributed by atoms with Crippen LogP contribution in [0.5, 0.6) is 5.75 Å². The number of nitrogens with zero attached hydrogens (tertiary/aromatic N) is 2. The molecular weight excluding hydrogens is 362 g/mol. The van der Waals surface area contributed by atoms with Crippen LogP contribution in [0.1, 0.15) is 24.2 Å². The second kappa shape index (κ2) is 6.12. The van der Waals surface area contributed by atoms with Crippen molar-refractivity contribution in [2.75, 3.05) is 0 Å². The minimum absolute atomic E-state index is 0.0298. The maximum atomic E-state index is 11.6. The van der Waals surface area contributed by atoms with Crippen molar-refractivity contribution >= 4 is 26.0 Å². The third-order valence-corrected chi connectivity index (χ3v) is 4.05. The van der Waals surface area contributed by atoms with Gasteiger partial charge in [0.05, 0.1) is 0 Å². The maximum absolute atomic E-state index is 11.6. The van der Waals surface area contributed by atoms with Gasteiger partial charge in [-0.2, -0.15) is 4.98 Å². The standard InChI is InChI=1S/C12H14BrN3O4S/c1-3-10-15-11(20-16-10)6-19-12-7(2)4-8(13)5-9(12)21(14,17)18/h4-5H,3,6H2,1-2H3,(H2,14,17,18). The van der Waals surface area contributed by atoms with Gasteiger partial charge in [-0.3, -0.25) is 0 Å². The lowest BCUT2D eigenvalue weighted by Gasteiger charge is -2.12. The fourth-order valence-electron chi connectivity index (χ4n) is 1.72. The Labute approximate surface area is 130 Å². The van der Waals surface area contributed by atoms with Gasteiger partial charge in [0.1, 0.15) is 10.6 Å². The van der Waals surface area contributed by atoms with Crippen LogP contribution in [0.2, 0.25) is 0 Å². The summed E-state index contributed by atoms with van der Waals surface area (Å²) in [7, 11) is -3.90. The third-order valence-electron chi connectivity index (χ3n) is 2.68. The van der Waals surface area contributed by atoms with Crippen LogP contribution in [0.15, 0.2) is 26.0 Å². The Morgan fingerprint density at radius 2 is 2.14 bits per heavy atom. The molecule has 1 aromatic heterocycles. The molecule has 7 nitrogen and oxygen atoms in total. The molecule has 0 radical (unpaired) electrons. The average Bonchev–Trinajstić information content (AvgIpc) is 2.83. The highest BCUT2D eigenvalue weighted by Crippen LogP contribution is 2.31. The first-order valence-corrected chi connectivity index (χ1v) is 8.42. The van der Waals surface area contributed by atoms with E-state index >= 15 is 0 Å². The van der Waals surface area contributed by atoms with Crippen molar-refractivity contribution in [1.82, 2.24) is 10.1 Å². The number of aryl methyl sites for hydroxylation is 2. The zero-order valence-electron chi connectivity index (χ0n) is 11.5. The number of sulfonamides is 1. The van der Waals surface area contributed by atoms with E-state index in [0.29, 0.717) is 22.3 Å². The molecule has 0 aliphatic heterocycles. The fraction of sp³-hybridized carbons (Fsp3) is 0.333. The minimum atomic E-state index is -3.90. The van der Waals surface area contributed by atoms with Crippen molar-refractivity contribution in [3.8, 4) is 5.75 Å². The van der Waals surface area contributed by atoms with E-state index in [1.54, 1.807) is 13.0 Å². The number of halogens is 1. The molecule has 0 fully saturated rings. The van der Waals surface area contributed by atoms with Crippen LogP contribution in [0.4, 0.5) is 0 Å². The number of nitrogens with two attached hydrogens (primary N) is 1. The van der Waals surface area contributed by atoms with Crippen LogP contribution >= 0.6 is 15.9 Å². The fourth-order valence-corrected chi connectivity index (χ4v) is 3.22. The molecule has 0 saturated carbocycles. The number of aromatic nitrogens is 2. The molecule has 0 unspecified atom stereocenters. The predicted octanol–water partition coefficient (Wildman–Crippen LogP) is 1.93. The van der Waals surface area contributed by atoms with Gasteiger partial charge in [-0.15, -0.1) is 0 Å². The Bertz CT molecular complexity index is 758. The number of rotatable bonds is 5. The molecule has 2 aromatic rings. The normalized spacial score (nSPS) is 11.6. The molecule has 0 saturated heterocycles. The summed E-state index contributed by atoms with van der Waals surface area (Å²) >= 11 is 3.23. The van der Waals surface area contributed by atoms with E-state index in [9.17, 15) is 8.42 Å². The number of benzene rings is 1. The van der Waals surface area contributed by atoms with Crippen molar-refractivity contribution in [3.05, 3.63) is 33.9 Å². The van der Waals surface area contributed by atoms with Gasteiger partial charge in [-0.25, -0.2) is 13.6 Å². The van der Waals surface area contributed by atoms with Gasteiger partial charge in [0.2, 0.25) is 10.0 Å². The summed E-state index contributed by atoms with van der Waals surface area (Å²) in [5, 5.41) is 8.95. The molecular formula is C12H14BrN3O4S. The van der Waals surface area contributed by atoms with Gasteiger partial charge in [0, 0.05) is 10.9 Å². The molecule has 1 heterocycles. The number of primary sulfonamides is 1. The first-order chi connectivity index (χ1) is 9.81. The second-order valence-electron chi connectivity index (χ2n) is 4.34. The lowest BCUT2D eigenvalue weighted by molar-refractivity contribution is 0.236. The third kappa shape index (κ3) is 3.80. The first kappa shape index (κ1) is 15.9. The molecule has 0 amide bonds. The van der Waals surface area contributed by atoms with E-state index < -0.39 is 10.0 Å². The lowest BCUT2D eigenvalue weighted by Crippen LogP contribution is -2.14. The molecule has 0 aliphatic rings. The average molecular weight is 376 g/mol. The van der Waals surface area contributed by atoms with Crippen LogP contribution in [0.3, 0.4) is 0 Å². The Morgan fingerprint density at radius 3 is 2.71 bits per heavy atom. The Kier molecular flexibility index (Phi) is 4.64. The zero-order chi connectivity index (χ0) is 15.6. The minimum Gasteiger partial charge on any atom is -0.482 e. The van der Waals surface area contributed by atoms with Gasteiger partial charge in [0.25, 0.3) is 5.89 Å². The van der Waals surface area contributed by atoms with E-state index in [0.717, 1.165) is 0 Å². The molecule has 0 aliphatic carbocycles. The molecule has 0 bridgehead atoms. The number of hydrogen-bond acceptors (Lipinski definition) is 6. The highest BCUT2D eigenvalue weighted by molar-refractivity contribution is 9.10. The topological polar surface area (TPSA) is 108 Å². The molecule has 1 aromatic carbocycles. The van der Waals surface area contributed by atoms with Gasteiger partial charge in [-0.1, -0.05) is 28.0 Å². The summed E-state index contributed by atoms with van der Waals surface area (Å²) in [4.78, 5) is 4.00. The van der Waals surface area contributed by atoms with Crippen LogP contribution in [0.25, 0.3) is 0 Å². The molecule has 114 valence electrons. The SMILES string of the molecule is CCc1noc(COc2c(C)cc(Br)cc2S(N)(=O)=O)n1. The quantitative estimate of drug-likeness (QED) is 0.854. The second-order valence-corrected chi connectivity index (χ2v) is 6.79. The molecule has 21 heavy (non-hydrogen) atoms. The smallest absolute Gasteiger partial charge is 0.264 e. The monoisotopic (exact) mass is 375 g/mol. The first-order valence-electron chi connectivity index (χ1n) is 6.08. The molecule has 0 atom stereocenters. The summed E-state index contributed by atoms with van der Waals surface area (Å²) in [6, 6.07) is 3.12. The largest absolute Gasteiger partial charge is 0.482 e. The van der Waals surface area contributed by atoms with E-state index in [-0.39, 0.29) is 23.1 Å². The highest BCUT2D eigenvalue weighted by Gasteiger charge is 2.19. The van der Waals surface area contributed by atoms with E-state index in [4.69, 9.17) is 14.4 Å². The summed E-state index contributed by atoms with van der Waals surface area (Å²) in [6.45, 7) is 3.59. The lowest BCUT2D eigenvalue weighted by atomic mass is 10.2. The number of ether oxygens (including phenoxy) is 1. The van der Waals surface area contributed by atoms with Crippen molar-refractivity contribution in [2.24, 2.45) is 5.14 Å². The molecule has 0 spiro atoms. The Balaban J connectivity index is 2.31. The molecule has 9 heteroatoms. The molecule has 2 rings (SSSR count). The summed E-state index contributed by atoms with van der Waals surface area (Å²) in [5.41, 5.74) is 0.628. The van der Waals surface area contributed by atoms with Gasteiger partial charge in [-0.05, 0) is 24.6 Å². The summed E-state index contributed by atoms with van der Waals surface area (Å²) in [6.07, 6.45) is 0.642. The van der Waals surface area contributed by atoms with Crippen molar-refractivity contribution < 1.29 is 17.7 Å². The van der Waals surface area contributed by atoms with Crippen molar-refractivity contribution in [3.63, 3.8) is 0 Å². The van der Waals surface area contributed by atoms with Crippen LogP contribution < -0.4 is 9.88 Å². The van der Waals surface area contributed by atoms with Crippen LogP contribution in [0, 0.1) is 6.92 Å². The summed E-state index contributed by atoms with van der Waals surface area (Å²) in [5.74, 6) is 1.01. The van der Waals surface area contributed by atoms with Crippen LogP contribution in [-0.2, 0) is 23.1 Å². The maximum Gasteiger partial charge on any atom is 0.264 e. The predicted molar refractivity (Wildman–Crippen MR) is 78.3 cm³/mol. The van der Waals surface area contributed by atoms with Gasteiger partial charge < -0.3 is 9.26 Å². The van der Waals surface area contributed by atoms with Crippen LogP contribution in [-0.4, -0.2) is 18.6 Å². The Hall–Kier alpha value is -1.45. The Morgan fingerprint density at radius 1 is 1.43 bits per heavy atom. The van der Waals surface area contributed by atoms with E-state index in [2.05, 4.69) is 26.1 Å². The van der Waals surface area contributed by atoms with E-state index in [1.807, 2.05) is 6.92 Å². The van der Waals surface area contributed by atoms with Crippen molar-refractivity contribution in [1.29, 1.82) is 0 Å². The molecule has 2 N–H and O–H groups in total.